The van der Waals surface area contributed by atoms with E-state index in [9.17, 15) is 9.59 Å². The monoisotopic (exact) mass is 291 g/mol. The van der Waals surface area contributed by atoms with E-state index in [0.29, 0.717) is 11.3 Å². The molecule has 4 atom stereocenters. The van der Waals surface area contributed by atoms with Crippen molar-refractivity contribution in [2.24, 2.45) is 11.8 Å². The second kappa shape index (κ2) is 5.85. The Bertz CT molecular complexity index is 569. The molecule has 1 heterocycles. The molecule has 21 heavy (non-hydrogen) atoms. The summed E-state index contributed by atoms with van der Waals surface area (Å²) in [5, 5.41) is 11.9. The molecule has 4 unspecified atom stereocenters. The van der Waals surface area contributed by atoms with Gasteiger partial charge >= 0.3 is 5.97 Å². The normalized spacial score (nSPS) is 28.4. The van der Waals surface area contributed by atoms with E-state index in [2.05, 4.69) is 5.32 Å². The zero-order chi connectivity index (χ0) is 15.7. The molecule has 0 spiro atoms. The number of hydrogen-bond donors (Lipinski definition) is 2. The summed E-state index contributed by atoms with van der Waals surface area (Å²) in [6.45, 7) is 7.58. The molecule has 5 nitrogen and oxygen atoms in total. The zero-order valence-electron chi connectivity index (χ0n) is 12.7. The highest BCUT2D eigenvalue weighted by Crippen LogP contribution is 2.33. The predicted octanol–water partition coefficient (Wildman–Crippen LogP) is 2.69. The Kier molecular flexibility index (Phi) is 4.32. The van der Waals surface area contributed by atoms with Crippen LogP contribution in [-0.2, 0) is 9.53 Å². The van der Waals surface area contributed by atoms with Crippen molar-refractivity contribution in [3.8, 4) is 0 Å². The van der Waals surface area contributed by atoms with Crippen LogP contribution in [0.15, 0.2) is 18.2 Å². The number of carboxylic acid groups (broad SMARTS) is 1. The molecule has 2 N–H and O–H groups in total. The van der Waals surface area contributed by atoms with Gasteiger partial charge in [-0.3, -0.25) is 4.79 Å². The quantitative estimate of drug-likeness (QED) is 0.897. The molecule has 1 amide bonds. The van der Waals surface area contributed by atoms with Gasteiger partial charge in [-0.1, -0.05) is 13.0 Å². The summed E-state index contributed by atoms with van der Waals surface area (Å²) in [5.74, 6) is -1.22. The molecule has 1 fully saturated rings. The summed E-state index contributed by atoms with van der Waals surface area (Å²) in [6.07, 6.45) is -0.0947. The van der Waals surface area contributed by atoms with E-state index in [0.717, 1.165) is 0 Å². The first-order chi connectivity index (χ1) is 9.81. The first kappa shape index (κ1) is 15.5. The lowest BCUT2D eigenvalue weighted by Gasteiger charge is -2.18. The topological polar surface area (TPSA) is 75.6 Å². The maximum absolute atomic E-state index is 12.4. The molecular weight excluding hydrogens is 270 g/mol. The second-order valence-corrected chi connectivity index (χ2v) is 5.76. The Balaban J connectivity index is 2.17. The molecule has 2 rings (SSSR count). The van der Waals surface area contributed by atoms with E-state index in [1.165, 1.54) is 6.07 Å². The van der Waals surface area contributed by atoms with Crippen LogP contribution in [-0.4, -0.2) is 29.2 Å². The van der Waals surface area contributed by atoms with Gasteiger partial charge in [0.05, 0.1) is 23.7 Å². The highest BCUT2D eigenvalue weighted by molar-refractivity contribution is 5.96. The number of nitrogens with one attached hydrogen (secondary N) is 1. The second-order valence-electron chi connectivity index (χ2n) is 5.76. The number of hydrogen-bond acceptors (Lipinski definition) is 3. The van der Waals surface area contributed by atoms with Crippen LogP contribution in [0.1, 0.15) is 36.7 Å². The number of carbonyl (C=O) groups is 2. The molecule has 1 aliphatic rings. The SMILES string of the molecule is Cc1ccc(NC(=O)C2C(C)OC(C)C2C)cc1C(=O)O. The van der Waals surface area contributed by atoms with Crippen molar-refractivity contribution in [2.75, 3.05) is 5.32 Å². The van der Waals surface area contributed by atoms with Crippen LogP contribution in [0.5, 0.6) is 0 Å². The molecule has 0 aromatic heterocycles. The highest BCUT2D eigenvalue weighted by atomic mass is 16.5. The Hall–Kier alpha value is -1.88. The molecule has 0 saturated carbocycles. The number of carboxylic acids is 1. The number of aromatic carboxylic acids is 1. The molecule has 1 aliphatic heterocycles. The molecule has 114 valence electrons. The number of amides is 1. The van der Waals surface area contributed by atoms with E-state index in [1.807, 2.05) is 20.8 Å². The maximum Gasteiger partial charge on any atom is 0.336 e. The number of aryl methyl sites for hydroxylation is 1. The summed E-state index contributed by atoms with van der Waals surface area (Å²) >= 11 is 0. The Labute approximate surface area is 124 Å². The van der Waals surface area contributed by atoms with Gasteiger partial charge in [-0.25, -0.2) is 4.79 Å². The smallest absolute Gasteiger partial charge is 0.336 e. The van der Waals surface area contributed by atoms with Crippen molar-refractivity contribution in [3.63, 3.8) is 0 Å². The molecular formula is C16H21NO4. The first-order valence-electron chi connectivity index (χ1n) is 7.11. The average Bonchev–Trinajstić information content (AvgIpc) is 2.65. The van der Waals surface area contributed by atoms with Crippen molar-refractivity contribution < 1.29 is 19.4 Å². The van der Waals surface area contributed by atoms with Gasteiger partial charge in [0.15, 0.2) is 0 Å². The summed E-state index contributed by atoms with van der Waals surface area (Å²) in [6, 6.07) is 4.90. The number of carbonyl (C=O) groups excluding carboxylic acids is 1. The van der Waals surface area contributed by atoms with E-state index in [4.69, 9.17) is 9.84 Å². The molecule has 1 saturated heterocycles. The fourth-order valence-electron chi connectivity index (χ4n) is 2.87. The fraction of sp³-hybridized carbons (Fsp3) is 0.500. The van der Waals surface area contributed by atoms with Gasteiger partial charge in [0.2, 0.25) is 5.91 Å². The van der Waals surface area contributed by atoms with Crippen LogP contribution in [0, 0.1) is 18.8 Å². The summed E-state index contributed by atoms with van der Waals surface area (Å²) in [5.41, 5.74) is 1.37. The van der Waals surface area contributed by atoms with Gasteiger partial charge in [0.25, 0.3) is 0 Å². The van der Waals surface area contributed by atoms with Gasteiger partial charge in [0, 0.05) is 5.69 Å². The number of ether oxygens (including phenoxy) is 1. The molecule has 0 aliphatic carbocycles. The molecule has 1 aromatic rings. The molecule has 5 heteroatoms. The van der Waals surface area contributed by atoms with Crippen molar-refractivity contribution >= 4 is 17.6 Å². The third kappa shape index (κ3) is 3.08. The van der Waals surface area contributed by atoms with Gasteiger partial charge in [0.1, 0.15) is 0 Å². The number of rotatable bonds is 3. The minimum atomic E-state index is -0.997. The van der Waals surface area contributed by atoms with Crippen LogP contribution in [0.25, 0.3) is 0 Å². The van der Waals surface area contributed by atoms with Crippen LogP contribution in [0.3, 0.4) is 0 Å². The van der Waals surface area contributed by atoms with E-state index >= 15 is 0 Å². The standard InChI is InChI=1S/C16H21NO4/c1-8-5-6-12(7-13(8)16(19)20)17-15(18)14-9(2)10(3)21-11(14)4/h5-7,9-11,14H,1-4H3,(H,17,18)(H,19,20). The molecule has 0 bridgehead atoms. The van der Waals surface area contributed by atoms with Crippen LogP contribution in [0.2, 0.25) is 0 Å². The minimum absolute atomic E-state index is 0.0448. The lowest BCUT2D eigenvalue weighted by molar-refractivity contribution is -0.121. The highest BCUT2D eigenvalue weighted by Gasteiger charge is 2.41. The third-order valence-electron chi connectivity index (χ3n) is 4.28. The Morgan fingerprint density at radius 1 is 1.19 bits per heavy atom. The average molecular weight is 291 g/mol. The van der Waals surface area contributed by atoms with Crippen LogP contribution >= 0.6 is 0 Å². The number of benzene rings is 1. The zero-order valence-corrected chi connectivity index (χ0v) is 12.7. The molecule has 1 aromatic carbocycles. The minimum Gasteiger partial charge on any atom is -0.478 e. The number of anilines is 1. The van der Waals surface area contributed by atoms with Crippen LogP contribution in [0.4, 0.5) is 5.69 Å². The van der Waals surface area contributed by atoms with Crippen molar-refractivity contribution in [3.05, 3.63) is 29.3 Å². The maximum atomic E-state index is 12.4. The lowest BCUT2D eigenvalue weighted by Crippen LogP contribution is -2.32. The Morgan fingerprint density at radius 3 is 2.38 bits per heavy atom. The van der Waals surface area contributed by atoms with Crippen LogP contribution < -0.4 is 5.32 Å². The van der Waals surface area contributed by atoms with Crippen molar-refractivity contribution in [1.29, 1.82) is 0 Å². The van der Waals surface area contributed by atoms with Gasteiger partial charge < -0.3 is 15.2 Å². The third-order valence-corrected chi connectivity index (χ3v) is 4.28. The fourth-order valence-corrected chi connectivity index (χ4v) is 2.87. The Morgan fingerprint density at radius 2 is 1.86 bits per heavy atom. The summed E-state index contributed by atoms with van der Waals surface area (Å²) in [7, 11) is 0. The van der Waals surface area contributed by atoms with Crippen molar-refractivity contribution in [1.82, 2.24) is 0 Å². The van der Waals surface area contributed by atoms with E-state index < -0.39 is 5.97 Å². The first-order valence-corrected chi connectivity index (χ1v) is 7.11. The lowest BCUT2D eigenvalue weighted by atomic mass is 9.89. The molecule has 0 radical (unpaired) electrons. The van der Waals surface area contributed by atoms with Crippen molar-refractivity contribution in [2.45, 2.75) is 39.9 Å². The van der Waals surface area contributed by atoms with Gasteiger partial charge in [-0.2, -0.15) is 0 Å². The van der Waals surface area contributed by atoms with Gasteiger partial charge in [-0.15, -0.1) is 0 Å². The summed E-state index contributed by atoms with van der Waals surface area (Å²) in [4.78, 5) is 23.5. The van der Waals surface area contributed by atoms with Gasteiger partial charge in [-0.05, 0) is 44.4 Å². The van der Waals surface area contributed by atoms with E-state index in [1.54, 1.807) is 19.1 Å². The largest absolute Gasteiger partial charge is 0.478 e. The van der Waals surface area contributed by atoms with E-state index in [-0.39, 0.29) is 35.5 Å². The summed E-state index contributed by atoms with van der Waals surface area (Å²) < 4.78 is 5.67. The predicted molar refractivity (Wildman–Crippen MR) is 79.4 cm³/mol.